The molecule has 0 bridgehead atoms. The van der Waals surface area contributed by atoms with Crippen LogP contribution in [-0.2, 0) is 9.59 Å². The van der Waals surface area contributed by atoms with E-state index in [0.29, 0.717) is 0 Å². The zero-order valence-corrected chi connectivity index (χ0v) is 11.2. The van der Waals surface area contributed by atoms with Crippen molar-refractivity contribution in [2.45, 2.75) is 24.4 Å². The van der Waals surface area contributed by atoms with Crippen molar-refractivity contribution in [3.8, 4) is 0 Å². The minimum atomic E-state index is -2.00. The molecule has 0 saturated carbocycles. The maximum absolute atomic E-state index is 9.67. The van der Waals surface area contributed by atoms with E-state index in [1.54, 1.807) is 0 Å². The SMILES string of the molecule is O=C([O-])[C@H](O)[C@@H](O)CO.O=C([O-])[C@H](O)[C@H](O)CO.[Mg+2]. The molecule has 0 aromatic rings. The van der Waals surface area contributed by atoms with Crippen molar-refractivity contribution in [2.24, 2.45) is 0 Å². The summed E-state index contributed by atoms with van der Waals surface area (Å²) in [5.74, 6) is -3.59. The van der Waals surface area contributed by atoms with Gasteiger partial charge in [0.2, 0.25) is 0 Å². The van der Waals surface area contributed by atoms with Crippen molar-refractivity contribution in [1.82, 2.24) is 0 Å². The number of carbonyl (C=O) groups is 2. The summed E-state index contributed by atoms with van der Waals surface area (Å²) in [7, 11) is 0. The molecule has 0 aliphatic rings. The molecule has 19 heavy (non-hydrogen) atoms. The molecule has 0 spiro atoms. The third-order valence-corrected chi connectivity index (χ3v) is 1.59. The molecule has 0 amide bonds. The Morgan fingerprint density at radius 3 is 1.05 bits per heavy atom. The summed E-state index contributed by atoms with van der Waals surface area (Å²) in [5, 5.41) is 68.8. The summed E-state index contributed by atoms with van der Waals surface area (Å²) in [6.45, 7) is -1.59. The van der Waals surface area contributed by atoms with Crippen molar-refractivity contribution in [1.29, 1.82) is 0 Å². The van der Waals surface area contributed by atoms with E-state index < -0.39 is 49.6 Å². The number of carboxylic acid groups (broad SMARTS) is 2. The summed E-state index contributed by atoms with van der Waals surface area (Å²) < 4.78 is 0. The van der Waals surface area contributed by atoms with E-state index >= 15 is 0 Å². The average molecular weight is 294 g/mol. The summed E-state index contributed by atoms with van der Waals surface area (Å²) in [5.41, 5.74) is 0. The van der Waals surface area contributed by atoms with E-state index in [-0.39, 0.29) is 23.1 Å². The second-order valence-corrected chi connectivity index (χ2v) is 3.03. The van der Waals surface area contributed by atoms with E-state index in [1.807, 2.05) is 0 Å². The van der Waals surface area contributed by atoms with Crippen molar-refractivity contribution in [3.63, 3.8) is 0 Å². The van der Waals surface area contributed by atoms with Crippen molar-refractivity contribution in [3.05, 3.63) is 0 Å². The number of aliphatic carboxylic acids is 2. The Hall–Kier alpha value is -0.534. The predicted molar refractivity (Wildman–Crippen MR) is 54.0 cm³/mol. The van der Waals surface area contributed by atoms with Crippen LogP contribution in [0.15, 0.2) is 0 Å². The first kappa shape index (κ1) is 23.6. The molecule has 0 fully saturated rings. The monoisotopic (exact) mass is 294 g/mol. The van der Waals surface area contributed by atoms with Gasteiger partial charge in [-0.2, -0.15) is 0 Å². The fraction of sp³-hybridized carbons (Fsp3) is 0.750. The van der Waals surface area contributed by atoms with Crippen LogP contribution in [0.4, 0.5) is 0 Å². The van der Waals surface area contributed by atoms with E-state index in [0.717, 1.165) is 0 Å². The molecular formula is C8H14MgO10. The fourth-order valence-electron chi connectivity index (χ4n) is 0.514. The van der Waals surface area contributed by atoms with Crippen LogP contribution in [0.25, 0.3) is 0 Å². The maximum atomic E-state index is 9.67. The Kier molecular flexibility index (Phi) is 15.5. The van der Waals surface area contributed by atoms with Crippen molar-refractivity contribution >= 4 is 35.0 Å². The quantitative estimate of drug-likeness (QED) is 0.255. The largest absolute Gasteiger partial charge is 2.00 e. The van der Waals surface area contributed by atoms with Crippen LogP contribution in [0.3, 0.4) is 0 Å². The Morgan fingerprint density at radius 2 is 1.00 bits per heavy atom. The number of carbonyl (C=O) groups excluding carboxylic acids is 2. The summed E-state index contributed by atoms with van der Waals surface area (Å²) in [6.07, 6.45) is -7.32. The summed E-state index contributed by atoms with van der Waals surface area (Å²) in [6, 6.07) is 0. The molecule has 0 aromatic heterocycles. The molecule has 0 radical (unpaired) electrons. The van der Waals surface area contributed by atoms with Crippen LogP contribution in [0, 0.1) is 0 Å². The number of aliphatic hydroxyl groups is 6. The van der Waals surface area contributed by atoms with Gasteiger partial charge in [0.1, 0.15) is 24.4 Å². The van der Waals surface area contributed by atoms with Crippen LogP contribution < -0.4 is 10.2 Å². The molecule has 10 nitrogen and oxygen atoms in total. The van der Waals surface area contributed by atoms with Gasteiger partial charge in [-0.25, -0.2) is 0 Å². The van der Waals surface area contributed by atoms with Crippen LogP contribution in [-0.4, -0.2) is 103 Å². The first-order chi connectivity index (χ1) is 8.18. The van der Waals surface area contributed by atoms with E-state index in [1.165, 1.54) is 0 Å². The van der Waals surface area contributed by atoms with Crippen LogP contribution in [0.1, 0.15) is 0 Å². The molecule has 0 aliphatic carbocycles. The number of carboxylic acids is 2. The fourth-order valence-corrected chi connectivity index (χ4v) is 0.514. The zero-order chi connectivity index (χ0) is 14.9. The van der Waals surface area contributed by atoms with E-state index in [2.05, 4.69) is 0 Å². The van der Waals surface area contributed by atoms with Gasteiger partial charge in [0.15, 0.2) is 0 Å². The van der Waals surface area contributed by atoms with Gasteiger partial charge in [0.05, 0.1) is 25.2 Å². The van der Waals surface area contributed by atoms with Gasteiger partial charge in [-0.3, -0.25) is 0 Å². The molecule has 108 valence electrons. The normalized spacial score (nSPS) is 15.9. The topological polar surface area (TPSA) is 202 Å². The molecule has 0 aliphatic heterocycles. The Balaban J connectivity index is -0.000000256. The van der Waals surface area contributed by atoms with Crippen molar-refractivity contribution < 1.29 is 50.4 Å². The third kappa shape index (κ3) is 11.0. The van der Waals surface area contributed by atoms with E-state index in [9.17, 15) is 19.8 Å². The van der Waals surface area contributed by atoms with Gasteiger partial charge in [-0.15, -0.1) is 0 Å². The summed E-state index contributed by atoms with van der Waals surface area (Å²) in [4.78, 5) is 19.3. The molecule has 0 unspecified atom stereocenters. The predicted octanol–water partition coefficient (Wildman–Crippen LogP) is -7.48. The van der Waals surface area contributed by atoms with Gasteiger partial charge in [-0.1, -0.05) is 0 Å². The second kappa shape index (κ2) is 12.5. The second-order valence-electron chi connectivity index (χ2n) is 3.03. The molecule has 6 N–H and O–H groups in total. The molecule has 0 aromatic carbocycles. The first-order valence-corrected chi connectivity index (χ1v) is 4.54. The number of aliphatic hydroxyl groups excluding tert-OH is 6. The molecule has 0 heterocycles. The smallest absolute Gasteiger partial charge is 0.547 e. The first-order valence-electron chi connectivity index (χ1n) is 4.54. The zero-order valence-electron chi connectivity index (χ0n) is 9.75. The van der Waals surface area contributed by atoms with Gasteiger partial charge in [0, 0.05) is 0 Å². The molecule has 0 rings (SSSR count). The average Bonchev–Trinajstić information content (AvgIpc) is 2.35. The molecule has 4 atom stereocenters. The number of hydrogen-bond donors (Lipinski definition) is 6. The molecule has 11 heteroatoms. The molecular weight excluding hydrogens is 280 g/mol. The number of rotatable bonds is 6. The standard InChI is InChI=1S/2C4H8O5.Mg/c2*5-1-2(6)3(7)4(8)9;/h2*2-3,5-7H,1H2,(H,8,9);/q;;+2/p-2/t2-,3+;2-,3-;/m01./s1. The Morgan fingerprint density at radius 1 is 0.789 bits per heavy atom. The molecule has 0 saturated heterocycles. The maximum Gasteiger partial charge on any atom is 2.00 e. The Bertz CT molecular complexity index is 234. The third-order valence-electron chi connectivity index (χ3n) is 1.59. The van der Waals surface area contributed by atoms with Gasteiger partial charge < -0.3 is 50.4 Å². The van der Waals surface area contributed by atoms with Gasteiger partial charge >= 0.3 is 23.1 Å². The Labute approximate surface area is 123 Å². The minimum absolute atomic E-state index is 0. The minimum Gasteiger partial charge on any atom is -0.547 e. The summed E-state index contributed by atoms with van der Waals surface area (Å²) >= 11 is 0. The van der Waals surface area contributed by atoms with Crippen LogP contribution in [0.5, 0.6) is 0 Å². The van der Waals surface area contributed by atoms with E-state index in [4.69, 9.17) is 30.6 Å². The van der Waals surface area contributed by atoms with Gasteiger partial charge in [-0.05, 0) is 0 Å². The van der Waals surface area contributed by atoms with Crippen LogP contribution in [0.2, 0.25) is 0 Å². The van der Waals surface area contributed by atoms with Gasteiger partial charge in [0.25, 0.3) is 0 Å². The number of hydrogen-bond acceptors (Lipinski definition) is 10. The van der Waals surface area contributed by atoms with Crippen LogP contribution >= 0.6 is 0 Å². The van der Waals surface area contributed by atoms with Crippen molar-refractivity contribution in [2.75, 3.05) is 13.2 Å².